The summed E-state index contributed by atoms with van der Waals surface area (Å²) < 4.78 is 0. The van der Waals surface area contributed by atoms with E-state index in [2.05, 4.69) is 15.1 Å². The Kier molecular flexibility index (Phi) is 3.44. The number of Topliss-reactive ketones (excluding diaryl/α,β-unsaturated/α-hetero) is 1. The minimum absolute atomic E-state index is 0.439. The number of hydrogen-bond donors (Lipinski definition) is 1. The van der Waals surface area contributed by atoms with Crippen molar-refractivity contribution in [2.24, 2.45) is 0 Å². The summed E-state index contributed by atoms with van der Waals surface area (Å²) >= 11 is 0. The van der Waals surface area contributed by atoms with Gasteiger partial charge >= 0.3 is 0 Å². The molecule has 0 unspecified atom stereocenters. The lowest BCUT2D eigenvalue weighted by atomic mass is 10.1. The number of benzene rings is 1. The van der Waals surface area contributed by atoms with Gasteiger partial charge in [-0.25, -0.2) is 0 Å². The van der Waals surface area contributed by atoms with Crippen LogP contribution in [-0.2, 0) is 4.79 Å². The molecule has 2 aliphatic rings. The van der Waals surface area contributed by atoms with Gasteiger partial charge in [-0.15, -0.1) is 0 Å². The Hall–Kier alpha value is -1.88. The van der Waals surface area contributed by atoms with Gasteiger partial charge in [-0.3, -0.25) is 9.59 Å². The summed E-state index contributed by atoms with van der Waals surface area (Å²) in [5.74, 6) is -0.969. The summed E-state index contributed by atoms with van der Waals surface area (Å²) in [4.78, 5) is 27.5. The van der Waals surface area contributed by atoms with Crippen molar-refractivity contribution in [3.63, 3.8) is 0 Å². The van der Waals surface area contributed by atoms with E-state index in [1.807, 2.05) is 19.2 Å². The van der Waals surface area contributed by atoms with Gasteiger partial charge in [0.1, 0.15) is 0 Å². The normalized spacial score (nSPS) is 18.2. The fourth-order valence-electron chi connectivity index (χ4n) is 2.80. The second kappa shape index (κ2) is 5.25. The van der Waals surface area contributed by atoms with Gasteiger partial charge in [0.2, 0.25) is 0 Å². The Morgan fingerprint density at radius 1 is 1.25 bits per heavy atom. The molecule has 0 aromatic heterocycles. The smallest absolute Gasteiger partial charge is 0.296 e. The van der Waals surface area contributed by atoms with Crippen molar-refractivity contribution in [1.82, 2.24) is 4.90 Å². The SMILES string of the molecule is CN(CCN1CCCC1)c1ccc2c(c1)NC(=O)C2=O. The third-order valence-electron chi connectivity index (χ3n) is 4.09. The maximum absolute atomic E-state index is 11.5. The van der Waals surface area contributed by atoms with Gasteiger partial charge in [0, 0.05) is 25.8 Å². The van der Waals surface area contributed by atoms with E-state index in [0.29, 0.717) is 11.3 Å². The van der Waals surface area contributed by atoms with Crippen LogP contribution < -0.4 is 10.2 Å². The summed E-state index contributed by atoms with van der Waals surface area (Å²) in [6, 6.07) is 5.51. The molecule has 20 heavy (non-hydrogen) atoms. The highest BCUT2D eigenvalue weighted by atomic mass is 16.2. The average molecular weight is 273 g/mol. The lowest BCUT2D eigenvalue weighted by Crippen LogP contribution is -2.31. The van der Waals surface area contributed by atoms with Gasteiger partial charge in [0.25, 0.3) is 11.7 Å². The zero-order chi connectivity index (χ0) is 14.1. The highest BCUT2D eigenvalue weighted by Crippen LogP contribution is 2.27. The molecule has 5 heteroatoms. The molecule has 1 aromatic rings. The maximum Gasteiger partial charge on any atom is 0.296 e. The molecule has 1 fully saturated rings. The molecule has 3 rings (SSSR count). The molecular formula is C15H19N3O2. The zero-order valence-corrected chi connectivity index (χ0v) is 11.7. The van der Waals surface area contributed by atoms with Crippen LogP contribution >= 0.6 is 0 Å². The van der Waals surface area contributed by atoms with Crippen LogP contribution in [0.25, 0.3) is 0 Å². The van der Waals surface area contributed by atoms with Crippen LogP contribution in [0.15, 0.2) is 18.2 Å². The molecule has 2 aliphatic heterocycles. The largest absolute Gasteiger partial charge is 0.373 e. The van der Waals surface area contributed by atoms with E-state index >= 15 is 0 Å². The summed E-state index contributed by atoms with van der Waals surface area (Å²) in [5.41, 5.74) is 2.13. The fraction of sp³-hybridized carbons (Fsp3) is 0.467. The molecule has 2 heterocycles. The number of fused-ring (bicyclic) bond motifs is 1. The van der Waals surface area contributed by atoms with Crippen LogP contribution in [0.2, 0.25) is 0 Å². The minimum Gasteiger partial charge on any atom is -0.373 e. The average Bonchev–Trinajstić information content (AvgIpc) is 3.05. The minimum atomic E-state index is -0.531. The molecule has 1 saturated heterocycles. The first-order valence-corrected chi connectivity index (χ1v) is 7.08. The van der Waals surface area contributed by atoms with Gasteiger partial charge in [-0.2, -0.15) is 0 Å². The second-order valence-corrected chi connectivity index (χ2v) is 5.48. The molecular weight excluding hydrogens is 254 g/mol. The first kappa shape index (κ1) is 13.1. The highest BCUT2D eigenvalue weighted by molar-refractivity contribution is 6.51. The van der Waals surface area contributed by atoms with Crippen LogP contribution in [0, 0.1) is 0 Å². The van der Waals surface area contributed by atoms with Crippen molar-refractivity contribution < 1.29 is 9.59 Å². The Bertz CT molecular complexity index is 550. The third-order valence-corrected chi connectivity index (χ3v) is 4.09. The molecule has 106 valence electrons. The molecule has 0 saturated carbocycles. The van der Waals surface area contributed by atoms with Crippen molar-refractivity contribution in [3.8, 4) is 0 Å². The van der Waals surface area contributed by atoms with E-state index in [1.54, 1.807) is 6.07 Å². The quantitative estimate of drug-likeness (QED) is 0.841. The zero-order valence-electron chi connectivity index (χ0n) is 11.7. The van der Waals surface area contributed by atoms with E-state index in [1.165, 1.54) is 25.9 Å². The van der Waals surface area contributed by atoms with Gasteiger partial charge in [0.15, 0.2) is 0 Å². The number of carbonyl (C=O) groups excluding carboxylic acids is 2. The Morgan fingerprint density at radius 2 is 2.00 bits per heavy atom. The molecule has 0 aliphatic carbocycles. The third kappa shape index (κ3) is 2.41. The number of amides is 1. The van der Waals surface area contributed by atoms with E-state index in [-0.39, 0.29) is 0 Å². The number of hydrogen-bond acceptors (Lipinski definition) is 4. The van der Waals surface area contributed by atoms with Crippen LogP contribution in [0.5, 0.6) is 0 Å². The van der Waals surface area contributed by atoms with Gasteiger partial charge in [-0.1, -0.05) is 0 Å². The van der Waals surface area contributed by atoms with Crippen molar-refractivity contribution in [2.45, 2.75) is 12.8 Å². The van der Waals surface area contributed by atoms with Gasteiger partial charge < -0.3 is 15.1 Å². The summed E-state index contributed by atoms with van der Waals surface area (Å²) in [6.45, 7) is 4.39. The van der Waals surface area contributed by atoms with Gasteiger partial charge in [-0.05, 0) is 44.1 Å². The monoisotopic (exact) mass is 273 g/mol. The predicted molar refractivity (Wildman–Crippen MR) is 78.3 cm³/mol. The topological polar surface area (TPSA) is 52.6 Å². The molecule has 0 spiro atoms. The lowest BCUT2D eigenvalue weighted by Gasteiger charge is -2.23. The molecule has 1 amide bonds. The number of nitrogens with zero attached hydrogens (tertiary/aromatic N) is 2. The van der Waals surface area contributed by atoms with E-state index in [0.717, 1.165) is 18.8 Å². The van der Waals surface area contributed by atoms with Crippen LogP contribution in [-0.4, -0.2) is 49.8 Å². The lowest BCUT2D eigenvalue weighted by molar-refractivity contribution is -0.112. The number of likely N-dealkylation sites (N-methyl/N-ethyl adjacent to an activating group) is 1. The number of carbonyl (C=O) groups is 2. The van der Waals surface area contributed by atoms with Crippen molar-refractivity contribution in [2.75, 3.05) is 43.4 Å². The molecule has 0 radical (unpaired) electrons. The summed E-state index contributed by atoms with van der Waals surface area (Å²) in [6.07, 6.45) is 2.60. The fourth-order valence-corrected chi connectivity index (χ4v) is 2.80. The van der Waals surface area contributed by atoms with E-state index in [4.69, 9.17) is 0 Å². The molecule has 1 N–H and O–H groups in total. The maximum atomic E-state index is 11.5. The Morgan fingerprint density at radius 3 is 2.75 bits per heavy atom. The van der Waals surface area contributed by atoms with Crippen LogP contribution in [0.4, 0.5) is 11.4 Å². The van der Waals surface area contributed by atoms with Gasteiger partial charge in [0.05, 0.1) is 11.3 Å². The first-order chi connectivity index (χ1) is 9.65. The first-order valence-electron chi connectivity index (χ1n) is 7.08. The standard InChI is InChI=1S/C15H19N3O2/c1-17(8-9-18-6-2-3-7-18)11-4-5-12-13(10-11)16-15(20)14(12)19/h4-5,10H,2-3,6-9H2,1H3,(H,16,19,20). The molecule has 1 aromatic carbocycles. The Balaban J connectivity index is 1.66. The van der Waals surface area contributed by atoms with E-state index in [9.17, 15) is 9.59 Å². The van der Waals surface area contributed by atoms with Crippen LogP contribution in [0.1, 0.15) is 23.2 Å². The number of rotatable bonds is 4. The molecule has 0 atom stereocenters. The number of likely N-dealkylation sites (tertiary alicyclic amines) is 1. The Labute approximate surface area is 118 Å². The van der Waals surface area contributed by atoms with Crippen molar-refractivity contribution in [1.29, 1.82) is 0 Å². The number of anilines is 2. The molecule has 5 nitrogen and oxygen atoms in total. The summed E-state index contributed by atoms with van der Waals surface area (Å²) in [5, 5.41) is 2.61. The predicted octanol–water partition coefficient (Wildman–Crippen LogP) is 1.35. The second-order valence-electron chi connectivity index (χ2n) is 5.48. The highest BCUT2D eigenvalue weighted by Gasteiger charge is 2.28. The van der Waals surface area contributed by atoms with E-state index < -0.39 is 11.7 Å². The molecule has 0 bridgehead atoms. The van der Waals surface area contributed by atoms with Crippen LogP contribution in [0.3, 0.4) is 0 Å². The number of nitrogens with one attached hydrogen (secondary N) is 1. The van der Waals surface area contributed by atoms with Crippen molar-refractivity contribution in [3.05, 3.63) is 23.8 Å². The number of ketones is 1. The summed E-state index contributed by atoms with van der Waals surface area (Å²) in [7, 11) is 2.04. The van der Waals surface area contributed by atoms with Crippen molar-refractivity contribution >= 4 is 23.1 Å².